The number of likely N-dealkylation sites (N-methyl/N-ethyl adjacent to an activating group) is 1. The van der Waals surface area contributed by atoms with E-state index in [9.17, 15) is 4.79 Å². The molecule has 1 heterocycles. The molecule has 2 N–H and O–H groups in total. The van der Waals surface area contributed by atoms with Crippen LogP contribution in [0.2, 0.25) is 0 Å². The van der Waals surface area contributed by atoms with Gasteiger partial charge >= 0.3 is 0 Å². The van der Waals surface area contributed by atoms with E-state index in [1.165, 1.54) is 5.56 Å². The summed E-state index contributed by atoms with van der Waals surface area (Å²) in [7, 11) is 5.26. The number of nitrogens with zero attached hydrogens (tertiary/aromatic N) is 2. The molecule has 0 aliphatic heterocycles. The minimum Gasteiger partial charge on any atom is -0.496 e. The molecule has 0 aliphatic carbocycles. The molecule has 6 nitrogen and oxygen atoms in total. The van der Waals surface area contributed by atoms with Gasteiger partial charge in [0, 0.05) is 25.4 Å². The van der Waals surface area contributed by atoms with E-state index in [4.69, 9.17) is 4.74 Å². The number of aromatic nitrogens is 2. The SMILES string of the molecule is CNC(C(=O)NCCc1cc(C)ccc1OC)c1cnn(C)c1. The molecule has 0 saturated carbocycles. The molecule has 0 aliphatic rings. The number of hydrogen-bond donors (Lipinski definition) is 2. The third-order valence-corrected chi connectivity index (χ3v) is 3.74. The first-order valence-electron chi connectivity index (χ1n) is 7.62. The Balaban J connectivity index is 1.95. The van der Waals surface area contributed by atoms with Gasteiger partial charge in [-0.2, -0.15) is 5.10 Å². The topological polar surface area (TPSA) is 68.2 Å². The van der Waals surface area contributed by atoms with Crippen LogP contribution in [0.15, 0.2) is 30.6 Å². The summed E-state index contributed by atoms with van der Waals surface area (Å²) in [6.45, 7) is 2.60. The van der Waals surface area contributed by atoms with Gasteiger partial charge in [0.2, 0.25) is 5.91 Å². The Hall–Kier alpha value is -2.34. The van der Waals surface area contributed by atoms with E-state index in [1.54, 1.807) is 25.0 Å². The van der Waals surface area contributed by atoms with Gasteiger partial charge in [-0.15, -0.1) is 0 Å². The van der Waals surface area contributed by atoms with Gasteiger partial charge in [0.1, 0.15) is 11.8 Å². The Kier molecular flexibility index (Phi) is 5.76. The van der Waals surface area contributed by atoms with Gasteiger partial charge in [-0.3, -0.25) is 9.48 Å². The zero-order valence-electron chi connectivity index (χ0n) is 14.1. The minimum absolute atomic E-state index is 0.0629. The van der Waals surface area contributed by atoms with Crippen molar-refractivity contribution >= 4 is 5.91 Å². The summed E-state index contributed by atoms with van der Waals surface area (Å²) in [6.07, 6.45) is 4.26. The fourth-order valence-corrected chi connectivity index (χ4v) is 2.56. The standard InChI is InChI=1S/C17H24N4O2/c1-12-5-6-15(23-4)13(9-12)7-8-19-17(22)16(18-2)14-10-20-21(3)11-14/h5-6,9-11,16,18H,7-8H2,1-4H3,(H,19,22). The highest BCUT2D eigenvalue weighted by Gasteiger charge is 2.19. The predicted octanol–water partition coefficient (Wildman–Crippen LogP) is 1.36. The fraction of sp³-hybridized carbons (Fsp3) is 0.412. The Morgan fingerprint density at radius 1 is 1.43 bits per heavy atom. The van der Waals surface area contributed by atoms with Gasteiger partial charge in [-0.25, -0.2) is 0 Å². The van der Waals surface area contributed by atoms with Crippen molar-refractivity contribution in [1.29, 1.82) is 0 Å². The average Bonchev–Trinajstić information content (AvgIpc) is 2.94. The molecule has 1 amide bonds. The maximum absolute atomic E-state index is 12.4. The van der Waals surface area contributed by atoms with Gasteiger partial charge in [-0.05, 0) is 32.0 Å². The molecule has 1 atom stereocenters. The fourth-order valence-electron chi connectivity index (χ4n) is 2.56. The lowest BCUT2D eigenvalue weighted by Crippen LogP contribution is -2.36. The molecule has 6 heteroatoms. The number of methoxy groups -OCH3 is 1. The van der Waals surface area contributed by atoms with E-state index in [2.05, 4.69) is 21.8 Å². The summed E-state index contributed by atoms with van der Waals surface area (Å²) in [5, 5.41) is 10.1. The maximum Gasteiger partial charge on any atom is 0.241 e. The second-order valence-corrected chi connectivity index (χ2v) is 5.53. The van der Waals surface area contributed by atoms with E-state index < -0.39 is 6.04 Å². The summed E-state index contributed by atoms with van der Waals surface area (Å²) < 4.78 is 7.05. The lowest BCUT2D eigenvalue weighted by Gasteiger charge is -2.15. The van der Waals surface area contributed by atoms with Crippen LogP contribution in [0.4, 0.5) is 0 Å². The van der Waals surface area contributed by atoms with Gasteiger partial charge in [0.05, 0.1) is 13.3 Å². The smallest absolute Gasteiger partial charge is 0.241 e. The number of carbonyl (C=O) groups excluding carboxylic acids is 1. The number of benzene rings is 1. The normalized spacial score (nSPS) is 12.0. The van der Waals surface area contributed by atoms with E-state index >= 15 is 0 Å². The summed E-state index contributed by atoms with van der Waals surface area (Å²) in [4.78, 5) is 12.4. The number of aryl methyl sites for hydroxylation is 2. The second kappa shape index (κ2) is 7.78. The van der Waals surface area contributed by atoms with Crippen LogP contribution in [-0.4, -0.2) is 36.4 Å². The van der Waals surface area contributed by atoms with Crippen molar-refractivity contribution in [2.75, 3.05) is 20.7 Å². The van der Waals surface area contributed by atoms with Gasteiger partial charge < -0.3 is 15.4 Å². The van der Waals surface area contributed by atoms with Crippen molar-refractivity contribution in [3.8, 4) is 5.75 Å². The molecule has 2 rings (SSSR count). The Labute approximate surface area is 136 Å². The van der Waals surface area contributed by atoms with Crippen molar-refractivity contribution in [3.05, 3.63) is 47.3 Å². The average molecular weight is 316 g/mol. The highest BCUT2D eigenvalue weighted by atomic mass is 16.5. The largest absolute Gasteiger partial charge is 0.496 e. The first-order valence-corrected chi connectivity index (χ1v) is 7.62. The van der Waals surface area contributed by atoms with E-state index in [0.29, 0.717) is 6.54 Å². The number of hydrogen-bond acceptors (Lipinski definition) is 4. The number of amides is 1. The molecule has 0 fully saturated rings. The van der Waals surface area contributed by atoms with E-state index in [0.717, 1.165) is 23.3 Å². The highest BCUT2D eigenvalue weighted by Crippen LogP contribution is 2.20. The molecular weight excluding hydrogens is 292 g/mol. The monoisotopic (exact) mass is 316 g/mol. The molecule has 23 heavy (non-hydrogen) atoms. The molecule has 1 aromatic heterocycles. The van der Waals surface area contributed by atoms with Crippen molar-refractivity contribution in [2.24, 2.45) is 7.05 Å². The summed E-state index contributed by atoms with van der Waals surface area (Å²) in [5.41, 5.74) is 3.12. The van der Waals surface area contributed by atoms with Gasteiger partial charge in [0.25, 0.3) is 0 Å². The first kappa shape index (κ1) is 17.0. The first-order chi connectivity index (χ1) is 11.0. The van der Waals surface area contributed by atoms with Crippen LogP contribution in [0, 0.1) is 6.92 Å². The summed E-state index contributed by atoms with van der Waals surface area (Å²) in [6, 6.07) is 5.66. The van der Waals surface area contributed by atoms with Crippen molar-refractivity contribution in [1.82, 2.24) is 20.4 Å². The number of carbonyl (C=O) groups is 1. The third kappa shape index (κ3) is 4.32. The Morgan fingerprint density at radius 3 is 2.83 bits per heavy atom. The van der Waals surface area contributed by atoms with Crippen LogP contribution in [0.3, 0.4) is 0 Å². The maximum atomic E-state index is 12.4. The molecule has 1 unspecified atom stereocenters. The van der Waals surface area contributed by atoms with E-state index in [-0.39, 0.29) is 5.91 Å². The van der Waals surface area contributed by atoms with Crippen molar-refractivity contribution < 1.29 is 9.53 Å². The molecule has 0 radical (unpaired) electrons. The molecule has 124 valence electrons. The zero-order valence-corrected chi connectivity index (χ0v) is 14.1. The molecule has 1 aromatic carbocycles. The predicted molar refractivity (Wildman–Crippen MR) is 89.5 cm³/mol. The van der Waals surface area contributed by atoms with Gasteiger partial charge in [0.15, 0.2) is 0 Å². The van der Waals surface area contributed by atoms with E-state index in [1.807, 2.05) is 32.3 Å². The van der Waals surface area contributed by atoms with Crippen LogP contribution in [0.5, 0.6) is 5.75 Å². The van der Waals surface area contributed by atoms with Crippen LogP contribution in [0.1, 0.15) is 22.7 Å². The highest BCUT2D eigenvalue weighted by molar-refractivity contribution is 5.83. The Bertz CT molecular complexity index is 666. The lowest BCUT2D eigenvalue weighted by molar-refractivity contribution is -0.123. The van der Waals surface area contributed by atoms with Crippen LogP contribution in [0.25, 0.3) is 0 Å². The third-order valence-electron chi connectivity index (χ3n) is 3.74. The number of rotatable bonds is 7. The van der Waals surface area contributed by atoms with Crippen molar-refractivity contribution in [3.63, 3.8) is 0 Å². The molecule has 0 saturated heterocycles. The summed E-state index contributed by atoms with van der Waals surface area (Å²) >= 11 is 0. The van der Waals surface area contributed by atoms with Crippen molar-refractivity contribution in [2.45, 2.75) is 19.4 Å². The lowest BCUT2D eigenvalue weighted by atomic mass is 10.1. The second-order valence-electron chi connectivity index (χ2n) is 5.53. The number of ether oxygens (including phenoxy) is 1. The quantitative estimate of drug-likeness (QED) is 0.809. The van der Waals surface area contributed by atoms with Crippen LogP contribution >= 0.6 is 0 Å². The minimum atomic E-state index is -0.400. The molecule has 0 spiro atoms. The molecule has 0 bridgehead atoms. The zero-order chi connectivity index (χ0) is 16.8. The summed E-state index contributed by atoms with van der Waals surface area (Å²) in [5.74, 6) is 0.786. The van der Waals surface area contributed by atoms with Crippen LogP contribution < -0.4 is 15.4 Å². The molecule has 2 aromatic rings. The Morgan fingerprint density at radius 2 is 2.22 bits per heavy atom. The number of nitrogens with one attached hydrogen (secondary N) is 2. The van der Waals surface area contributed by atoms with Gasteiger partial charge in [-0.1, -0.05) is 17.7 Å². The van der Waals surface area contributed by atoms with Crippen LogP contribution in [-0.2, 0) is 18.3 Å². The molecular formula is C17H24N4O2.